The van der Waals surface area contributed by atoms with Gasteiger partial charge in [-0.2, -0.15) is 0 Å². The topological polar surface area (TPSA) is 29.1 Å². The lowest BCUT2D eigenvalue weighted by atomic mass is 9.88. The largest absolute Gasteiger partial charge is 0.356 e. The average Bonchev–Trinajstić information content (AvgIpc) is 2.96. The number of amides is 1. The minimum absolute atomic E-state index is 0.163. The Hall–Kier alpha value is -1.02. The van der Waals surface area contributed by atoms with Crippen LogP contribution in [0.2, 0.25) is 0 Å². The monoisotopic (exact) mass is 293 g/mol. The van der Waals surface area contributed by atoms with Gasteiger partial charge in [-0.15, -0.1) is 11.6 Å². The van der Waals surface area contributed by atoms with E-state index < -0.39 is 0 Å². The van der Waals surface area contributed by atoms with Crippen LogP contribution < -0.4 is 5.32 Å². The molecule has 0 atom stereocenters. The van der Waals surface area contributed by atoms with Gasteiger partial charge in [0.2, 0.25) is 5.91 Å². The van der Waals surface area contributed by atoms with Gasteiger partial charge >= 0.3 is 0 Å². The van der Waals surface area contributed by atoms with E-state index in [1.807, 2.05) is 18.2 Å². The Bertz CT molecular complexity index is 412. The minimum atomic E-state index is 0.163. The lowest BCUT2D eigenvalue weighted by molar-refractivity contribution is -0.121. The lowest BCUT2D eigenvalue weighted by Gasteiger charge is -2.26. The molecule has 0 spiro atoms. The first-order valence-corrected chi connectivity index (χ1v) is 8.14. The number of nitrogens with one attached hydrogen (secondary N) is 1. The van der Waals surface area contributed by atoms with E-state index in [2.05, 4.69) is 17.4 Å². The minimum Gasteiger partial charge on any atom is -0.356 e. The predicted molar refractivity (Wildman–Crippen MR) is 84.0 cm³/mol. The molecular formula is C17H24ClNO. The van der Waals surface area contributed by atoms with Crippen LogP contribution in [-0.2, 0) is 11.2 Å². The smallest absolute Gasteiger partial charge is 0.220 e. The van der Waals surface area contributed by atoms with Gasteiger partial charge in [0, 0.05) is 24.3 Å². The first-order valence-electron chi connectivity index (χ1n) is 7.61. The summed E-state index contributed by atoms with van der Waals surface area (Å²) in [6.45, 7) is 0.751. The number of hydrogen-bond donors (Lipinski definition) is 1. The highest BCUT2D eigenvalue weighted by molar-refractivity contribution is 6.18. The van der Waals surface area contributed by atoms with E-state index in [1.165, 1.54) is 18.4 Å². The van der Waals surface area contributed by atoms with Gasteiger partial charge < -0.3 is 5.32 Å². The second-order valence-corrected chi connectivity index (χ2v) is 6.22. The van der Waals surface area contributed by atoms with Crippen LogP contribution in [0.25, 0.3) is 0 Å². The first kappa shape index (κ1) is 15.4. The van der Waals surface area contributed by atoms with Crippen LogP contribution in [0.3, 0.4) is 0 Å². The highest BCUT2D eigenvalue weighted by atomic mass is 35.5. The number of halogens is 1. The van der Waals surface area contributed by atoms with Crippen LogP contribution in [0.5, 0.6) is 0 Å². The molecule has 0 saturated heterocycles. The SMILES string of the molecule is O=C(CCCc1ccccc1)NCC1(CCl)CCCC1. The molecule has 0 heterocycles. The molecule has 2 nitrogen and oxygen atoms in total. The molecule has 0 aliphatic heterocycles. The third-order valence-corrected chi connectivity index (χ3v) is 4.89. The van der Waals surface area contributed by atoms with Gasteiger partial charge in [-0.25, -0.2) is 0 Å². The summed E-state index contributed by atoms with van der Waals surface area (Å²) in [5.41, 5.74) is 1.46. The Balaban J connectivity index is 1.65. The van der Waals surface area contributed by atoms with E-state index in [9.17, 15) is 4.79 Å². The third kappa shape index (κ3) is 4.52. The zero-order chi connectivity index (χ0) is 14.3. The van der Waals surface area contributed by atoms with Crippen LogP contribution >= 0.6 is 11.6 Å². The van der Waals surface area contributed by atoms with Crippen LogP contribution in [0.15, 0.2) is 30.3 Å². The molecule has 0 unspecified atom stereocenters. The molecule has 1 amide bonds. The molecule has 2 rings (SSSR count). The number of carbonyl (C=O) groups excluding carboxylic acids is 1. The predicted octanol–water partition coefficient (Wildman–Crippen LogP) is 3.92. The molecule has 1 aliphatic rings. The van der Waals surface area contributed by atoms with Gasteiger partial charge in [0.1, 0.15) is 0 Å². The van der Waals surface area contributed by atoms with Crippen molar-refractivity contribution in [1.29, 1.82) is 0 Å². The Morgan fingerprint density at radius 1 is 1.20 bits per heavy atom. The van der Waals surface area contributed by atoms with Crippen molar-refractivity contribution in [2.75, 3.05) is 12.4 Å². The highest BCUT2D eigenvalue weighted by Gasteiger charge is 2.33. The Morgan fingerprint density at radius 2 is 1.90 bits per heavy atom. The molecule has 1 aromatic carbocycles. The third-order valence-electron chi connectivity index (χ3n) is 4.32. The fourth-order valence-electron chi connectivity index (χ4n) is 2.95. The molecular weight excluding hydrogens is 270 g/mol. The standard InChI is InChI=1S/C17H24ClNO/c18-13-17(11-4-5-12-17)14-19-16(20)10-6-9-15-7-2-1-3-8-15/h1-3,7-8H,4-6,9-14H2,(H,19,20). The number of alkyl halides is 1. The Kier molecular flexibility index (Phi) is 5.90. The Labute approximate surface area is 126 Å². The highest BCUT2D eigenvalue weighted by Crippen LogP contribution is 2.38. The number of hydrogen-bond acceptors (Lipinski definition) is 1. The van der Waals surface area contributed by atoms with Crippen molar-refractivity contribution >= 4 is 17.5 Å². The van der Waals surface area contributed by atoms with Crippen LogP contribution in [0.1, 0.15) is 44.1 Å². The van der Waals surface area contributed by atoms with Gasteiger partial charge in [-0.05, 0) is 31.2 Å². The van der Waals surface area contributed by atoms with Crippen molar-refractivity contribution in [2.24, 2.45) is 5.41 Å². The molecule has 0 radical (unpaired) electrons. The van der Waals surface area contributed by atoms with Gasteiger partial charge in [0.05, 0.1) is 0 Å². The molecule has 1 N–H and O–H groups in total. The number of carbonyl (C=O) groups is 1. The van der Waals surface area contributed by atoms with Crippen molar-refractivity contribution in [3.8, 4) is 0 Å². The average molecular weight is 294 g/mol. The first-order chi connectivity index (χ1) is 9.74. The van der Waals surface area contributed by atoms with Crippen molar-refractivity contribution in [3.05, 3.63) is 35.9 Å². The van der Waals surface area contributed by atoms with Gasteiger partial charge in [-0.1, -0.05) is 43.2 Å². The van der Waals surface area contributed by atoms with Crippen molar-refractivity contribution in [3.63, 3.8) is 0 Å². The van der Waals surface area contributed by atoms with Crippen LogP contribution in [-0.4, -0.2) is 18.3 Å². The summed E-state index contributed by atoms with van der Waals surface area (Å²) in [5.74, 6) is 0.828. The number of aryl methyl sites for hydroxylation is 1. The van der Waals surface area contributed by atoms with E-state index in [4.69, 9.17) is 11.6 Å². The van der Waals surface area contributed by atoms with E-state index in [0.717, 1.165) is 32.2 Å². The van der Waals surface area contributed by atoms with Gasteiger partial charge in [0.15, 0.2) is 0 Å². The van der Waals surface area contributed by atoms with E-state index >= 15 is 0 Å². The van der Waals surface area contributed by atoms with Crippen molar-refractivity contribution in [1.82, 2.24) is 5.32 Å². The summed E-state index contributed by atoms with van der Waals surface area (Å²) in [7, 11) is 0. The summed E-state index contributed by atoms with van der Waals surface area (Å²) >= 11 is 6.08. The summed E-state index contributed by atoms with van der Waals surface area (Å²) in [5, 5.41) is 3.08. The molecule has 20 heavy (non-hydrogen) atoms. The summed E-state index contributed by atoms with van der Waals surface area (Å²) < 4.78 is 0. The van der Waals surface area contributed by atoms with E-state index in [1.54, 1.807) is 0 Å². The molecule has 1 saturated carbocycles. The maximum atomic E-state index is 11.9. The van der Waals surface area contributed by atoms with Crippen LogP contribution in [0, 0.1) is 5.41 Å². The van der Waals surface area contributed by atoms with Crippen LogP contribution in [0.4, 0.5) is 0 Å². The fraction of sp³-hybridized carbons (Fsp3) is 0.588. The number of rotatable bonds is 7. The van der Waals surface area contributed by atoms with Gasteiger partial charge in [0.25, 0.3) is 0 Å². The zero-order valence-corrected chi connectivity index (χ0v) is 12.8. The molecule has 1 aromatic rings. The maximum Gasteiger partial charge on any atom is 0.220 e. The molecule has 1 fully saturated rings. The van der Waals surface area contributed by atoms with Crippen molar-refractivity contribution < 1.29 is 4.79 Å². The van der Waals surface area contributed by atoms with Crippen molar-refractivity contribution in [2.45, 2.75) is 44.9 Å². The fourth-order valence-corrected chi connectivity index (χ4v) is 3.32. The summed E-state index contributed by atoms with van der Waals surface area (Å²) in [6.07, 6.45) is 7.28. The second kappa shape index (κ2) is 7.68. The molecule has 0 aromatic heterocycles. The van der Waals surface area contributed by atoms with E-state index in [-0.39, 0.29) is 11.3 Å². The number of benzene rings is 1. The van der Waals surface area contributed by atoms with Gasteiger partial charge in [-0.3, -0.25) is 4.79 Å². The molecule has 1 aliphatic carbocycles. The normalized spacial score (nSPS) is 17.1. The Morgan fingerprint density at radius 3 is 2.55 bits per heavy atom. The molecule has 110 valence electrons. The maximum absolute atomic E-state index is 11.9. The molecule has 3 heteroatoms. The molecule has 0 bridgehead atoms. The quantitative estimate of drug-likeness (QED) is 0.759. The zero-order valence-electron chi connectivity index (χ0n) is 12.0. The summed E-state index contributed by atoms with van der Waals surface area (Å²) in [6, 6.07) is 10.3. The summed E-state index contributed by atoms with van der Waals surface area (Å²) in [4.78, 5) is 11.9. The van der Waals surface area contributed by atoms with E-state index in [0.29, 0.717) is 12.3 Å². The lowest BCUT2D eigenvalue weighted by Crippen LogP contribution is -2.37. The second-order valence-electron chi connectivity index (χ2n) is 5.96.